The molecule has 0 unspecified atom stereocenters. The first-order chi connectivity index (χ1) is 17.7. The van der Waals surface area contributed by atoms with E-state index < -0.39 is 0 Å². The zero-order valence-electron chi connectivity index (χ0n) is 21.3. The molecular formula is C24H48O6S6. The summed E-state index contributed by atoms with van der Waals surface area (Å²) in [6.07, 6.45) is 2.67. The smallest absolute Gasteiger partial charge is 0.115 e. The lowest BCUT2D eigenvalue weighted by Crippen LogP contribution is -2.68. The molecule has 216 valence electrons. The Labute approximate surface area is 252 Å². The Balaban J connectivity index is 3.37. The van der Waals surface area contributed by atoms with Crippen LogP contribution in [0.5, 0.6) is 0 Å². The van der Waals surface area contributed by atoms with Crippen LogP contribution < -0.4 is 0 Å². The lowest BCUT2D eigenvalue weighted by Gasteiger charge is -2.50. The van der Waals surface area contributed by atoms with Gasteiger partial charge in [0.1, 0.15) is 36.6 Å². The van der Waals surface area contributed by atoms with Gasteiger partial charge in [-0.05, 0) is 73.0 Å². The third-order valence-electron chi connectivity index (χ3n) is 5.62. The maximum atomic E-state index is 6.46. The average molecular weight is 625 g/mol. The number of hydrogen-bond acceptors (Lipinski definition) is 12. The first kappa shape index (κ1) is 35.9. The van der Waals surface area contributed by atoms with Gasteiger partial charge in [0.25, 0.3) is 0 Å². The lowest BCUT2D eigenvalue weighted by atomic mass is 9.83. The Kier molecular flexibility index (Phi) is 24.6. The van der Waals surface area contributed by atoms with Crippen molar-refractivity contribution in [1.29, 1.82) is 0 Å². The van der Waals surface area contributed by atoms with Gasteiger partial charge in [0.05, 0.1) is 0 Å². The normalized spacial score (nSPS) is 26.5. The Morgan fingerprint density at radius 3 is 0.528 bits per heavy atom. The van der Waals surface area contributed by atoms with Crippen molar-refractivity contribution in [1.82, 2.24) is 0 Å². The van der Waals surface area contributed by atoms with Gasteiger partial charge in [-0.1, -0.05) is 0 Å². The third-order valence-corrected chi connectivity index (χ3v) is 7.52. The minimum Gasteiger partial charge on any atom is -0.373 e. The van der Waals surface area contributed by atoms with E-state index in [0.29, 0.717) is 39.6 Å². The molecular weight excluding hydrogens is 577 g/mol. The van der Waals surface area contributed by atoms with E-state index in [1.54, 1.807) is 0 Å². The van der Waals surface area contributed by atoms with Crippen LogP contribution >= 0.6 is 75.8 Å². The molecule has 0 heterocycles. The van der Waals surface area contributed by atoms with Crippen LogP contribution in [-0.2, 0) is 28.4 Å². The van der Waals surface area contributed by atoms with Crippen LogP contribution in [0, 0.1) is 0 Å². The molecule has 0 saturated heterocycles. The van der Waals surface area contributed by atoms with E-state index in [1.807, 2.05) is 0 Å². The maximum absolute atomic E-state index is 6.46. The van der Waals surface area contributed by atoms with Gasteiger partial charge in [0.15, 0.2) is 0 Å². The van der Waals surface area contributed by atoms with Gasteiger partial charge in [0.2, 0.25) is 0 Å². The molecule has 0 amide bonds. The van der Waals surface area contributed by atoms with E-state index in [4.69, 9.17) is 28.4 Å². The molecule has 0 aromatic rings. The molecule has 1 aliphatic carbocycles. The van der Waals surface area contributed by atoms with E-state index in [0.717, 1.165) is 73.0 Å². The molecule has 0 N–H and O–H groups in total. The summed E-state index contributed by atoms with van der Waals surface area (Å²) in [4.78, 5) is 0. The van der Waals surface area contributed by atoms with Crippen LogP contribution in [0.3, 0.4) is 0 Å². The molecule has 6 nitrogen and oxygen atoms in total. The Morgan fingerprint density at radius 1 is 0.278 bits per heavy atom. The second-order valence-corrected chi connectivity index (χ2v) is 11.2. The number of ether oxygens (including phenoxy) is 6. The maximum Gasteiger partial charge on any atom is 0.115 e. The molecule has 1 rings (SSSR count). The van der Waals surface area contributed by atoms with Crippen molar-refractivity contribution in [3.05, 3.63) is 0 Å². The Bertz CT molecular complexity index is 377. The largest absolute Gasteiger partial charge is 0.373 e. The van der Waals surface area contributed by atoms with Crippen molar-refractivity contribution in [2.45, 2.75) is 75.1 Å². The Morgan fingerprint density at radius 2 is 0.417 bits per heavy atom. The predicted molar refractivity (Wildman–Crippen MR) is 169 cm³/mol. The molecule has 0 spiro atoms. The van der Waals surface area contributed by atoms with E-state index >= 15 is 0 Å². The molecule has 1 saturated carbocycles. The molecule has 1 fully saturated rings. The van der Waals surface area contributed by atoms with Gasteiger partial charge < -0.3 is 28.4 Å². The van der Waals surface area contributed by atoms with Gasteiger partial charge in [0, 0.05) is 39.6 Å². The summed E-state index contributed by atoms with van der Waals surface area (Å²) in [5.74, 6) is 4.43. The van der Waals surface area contributed by atoms with Crippen molar-refractivity contribution in [3.8, 4) is 0 Å². The number of thiol groups is 6. The highest BCUT2D eigenvalue weighted by Gasteiger charge is 2.54. The zero-order chi connectivity index (χ0) is 26.4. The Hall–Kier alpha value is 1.86. The second-order valence-electron chi connectivity index (χ2n) is 8.48. The van der Waals surface area contributed by atoms with E-state index in [9.17, 15) is 0 Å². The number of hydrogen-bond donors (Lipinski definition) is 6. The molecule has 0 aromatic carbocycles. The molecule has 0 aliphatic heterocycles. The third kappa shape index (κ3) is 14.0. The zero-order valence-corrected chi connectivity index (χ0v) is 26.7. The second kappa shape index (κ2) is 24.6. The molecule has 0 aromatic heterocycles. The van der Waals surface area contributed by atoms with Crippen molar-refractivity contribution in [3.63, 3.8) is 0 Å². The predicted octanol–water partition coefficient (Wildman–Crippen LogP) is 4.23. The summed E-state index contributed by atoms with van der Waals surface area (Å²) < 4.78 is 38.8. The quantitative estimate of drug-likeness (QED) is 0.0715. The van der Waals surface area contributed by atoms with Crippen LogP contribution in [0.4, 0.5) is 0 Å². The van der Waals surface area contributed by atoms with Gasteiger partial charge >= 0.3 is 0 Å². The van der Waals surface area contributed by atoms with Crippen LogP contribution in [0.1, 0.15) is 38.5 Å². The van der Waals surface area contributed by atoms with Crippen molar-refractivity contribution < 1.29 is 28.4 Å². The monoisotopic (exact) mass is 624 g/mol. The SMILES string of the molecule is SCCCOC1C(OCCCS)C(OCCCS)C(OCCCS)C(OCCCS)C1OCCCS. The van der Waals surface area contributed by atoms with Gasteiger partial charge in [-0.3, -0.25) is 0 Å². The lowest BCUT2D eigenvalue weighted by molar-refractivity contribution is -0.281. The van der Waals surface area contributed by atoms with Crippen LogP contribution in [0.2, 0.25) is 0 Å². The van der Waals surface area contributed by atoms with Crippen molar-refractivity contribution in [2.24, 2.45) is 0 Å². The van der Waals surface area contributed by atoms with Crippen LogP contribution in [-0.4, -0.2) is 111 Å². The first-order valence-corrected chi connectivity index (χ1v) is 16.8. The highest BCUT2D eigenvalue weighted by Crippen LogP contribution is 2.34. The van der Waals surface area contributed by atoms with Crippen LogP contribution in [0.25, 0.3) is 0 Å². The number of rotatable bonds is 24. The standard InChI is InChI=1S/C24H48O6S6/c31-13-1-7-25-19-20(26-8-2-14-32)22(28-10-4-16-34)24(30-12-6-18-36)23(29-11-5-17-35)21(19)27-9-3-15-33/h19-24,31-36H,1-18H2. The first-order valence-electron chi connectivity index (χ1n) is 13.0. The van der Waals surface area contributed by atoms with E-state index in [1.165, 1.54) is 0 Å². The summed E-state index contributed by atoms with van der Waals surface area (Å²) in [6, 6.07) is 0. The van der Waals surface area contributed by atoms with Gasteiger partial charge in [-0.2, -0.15) is 75.8 Å². The average Bonchev–Trinajstić information content (AvgIpc) is 2.88. The minimum absolute atomic E-state index is 0.378. The topological polar surface area (TPSA) is 55.4 Å². The van der Waals surface area contributed by atoms with Crippen molar-refractivity contribution in [2.75, 3.05) is 74.2 Å². The summed E-state index contributed by atoms with van der Waals surface area (Å²) in [6.45, 7) is 3.28. The van der Waals surface area contributed by atoms with Gasteiger partial charge in [-0.25, -0.2) is 0 Å². The molecule has 0 atom stereocenters. The highest BCUT2D eigenvalue weighted by molar-refractivity contribution is 7.81. The fourth-order valence-electron chi connectivity index (χ4n) is 3.96. The van der Waals surface area contributed by atoms with E-state index in [2.05, 4.69) is 75.8 Å². The fraction of sp³-hybridized carbons (Fsp3) is 1.00. The summed E-state index contributed by atoms with van der Waals surface area (Å²) in [5, 5.41) is 0. The van der Waals surface area contributed by atoms with Crippen molar-refractivity contribution >= 4 is 75.8 Å². The summed E-state index contributed by atoms with van der Waals surface area (Å²) in [7, 11) is 0. The van der Waals surface area contributed by atoms with E-state index in [-0.39, 0.29) is 36.6 Å². The summed E-state index contributed by atoms with van der Waals surface area (Å²) in [5.41, 5.74) is 0. The molecule has 1 aliphatic rings. The minimum atomic E-state index is -0.378. The highest BCUT2D eigenvalue weighted by atomic mass is 32.1. The molecule has 0 radical (unpaired) electrons. The van der Waals surface area contributed by atoms with Crippen LogP contribution in [0.15, 0.2) is 0 Å². The summed E-state index contributed by atoms with van der Waals surface area (Å²) >= 11 is 26.2. The molecule has 0 bridgehead atoms. The fourth-order valence-corrected chi connectivity index (χ4v) is 4.74. The molecule has 36 heavy (non-hydrogen) atoms. The molecule has 12 heteroatoms. The van der Waals surface area contributed by atoms with Gasteiger partial charge in [-0.15, -0.1) is 0 Å².